The quantitative estimate of drug-likeness (QED) is 0.893. The van der Waals surface area contributed by atoms with Crippen molar-refractivity contribution in [3.63, 3.8) is 0 Å². The van der Waals surface area contributed by atoms with E-state index in [1.165, 1.54) is 24.8 Å². The average Bonchev–Trinajstić information content (AvgIpc) is 2.47. The third-order valence-corrected chi connectivity index (χ3v) is 4.87. The number of aryl methyl sites for hydroxylation is 1. The van der Waals surface area contributed by atoms with Gasteiger partial charge in [0.05, 0.1) is 6.10 Å². The normalized spacial score (nSPS) is 21.9. The monoisotopic (exact) mass is 261 g/mol. The van der Waals surface area contributed by atoms with Gasteiger partial charge in [-0.25, -0.2) is 0 Å². The molecule has 0 radical (unpaired) electrons. The summed E-state index contributed by atoms with van der Waals surface area (Å²) in [5.41, 5.74) is 2.12. The molecule has 1 aliphatic rings. The highest BCUT2D eigenvalue weighted by molar-refractivity contribution is 5.30. The first-order chi connectivity index (χ1) is 9.09. The zero-order chi connectivity index (χ0) is 13.9. The lowest BCUT2D eigenvalue weighted by Crippen LogP contribution is -2.52. The maximum atomic E-state index is 10.9. The summed E-state index contributed by atoms with van der Waals surface area (Å²) < 4.78 is 0. The molecule has 0 bridgehead atoms. The van der Waals surface area contributed by atoms with Gasteiger partial charge in [-0.2, -0.15) is 0 Å². The van der Waals surface area contributed by atoms with Gasteiger partial charge in [0, 0.05) is 5.54 Å². The number of hydrogen-bond acceptors (Lipinski definition) is 2. The van der Waals surface area contributed by atoms with E-state index in [2.05, 4.69) is 37.8 Å². The second kappa shape index (κ2) is 6.06. The second-order valence-electron chi connectivity index (χ2n) is 6.02. The Morgan fingerprint density at radius 1 is 1.21 bits per heavy atom. The van der Waals surface area contributed by atoms with Gasteiger partial charge in [0.15, 0.2) is 0 Å². The van der Waals surface area contributed by atoms with E-state index in [1.54, 1.807) is 0 Å². The lowest BCUT2D eigenvalue weighted by atomic mass is 9.82. The fourth-order valence-corrected chi connectivity index (χ4v) is 3.22. The zero-order valence-corrected chi connectivity index (χ0v) is 12.5. The number of piperidine rings is 1. The van der Waals surface area contributed by atoms with Gasteiger partial charge in [-0.15, -0.1) is 0 Å². The molecule has 2 heteroatoms. The molecule has 2 rings (SSSR count). The highest BCUT2D eigenvalue weighted by Gasteiger charge is 2.38. The number of likely N-dealkylation sites (tertiary alicyclic amines) is 1. The van der Waals surface area contributed by atoms with Crippen LogP contribution in [0.1, 0.15) is 56.8 Å². The number of nitrogens with zero attached hydrogens (tertiary/aromatic N) is 1. The van der Waals surface area contributed by atoms with Gasteiger partial charge in [0.1, 0.15) is 0 Å². The molecule has 1 fully saturated rings. The molecule has 106 valence electrons. The lowest BCUT2D eigenvalue weighted by Gasteiger charge is -2.46. The Labute approximate surface area is 117 Å². The van der Waals surface area contributed by atoms with Crippen LogP contribution in [0.25, 0.3) is 0 Å². The van der Waals surface area contributed by atoms with E-state index in [-0.39, 0.29) is 5.54 Å². The topological polar surface area (TPSA) is 23.5 Å². The Balaban J connectivity index is 2.27. The van der Waals surface area contributed by atoms with Crippen molar-refractivity contribution < 1.29 is 5.11 Å². The third kappa shape index (κ3) is 2.85. The molecule has 1 saturated heterocycles. The molecule has 0 saturated carbocycles. The average molecular weight is 261 g/mol. The molecular weight excluding hydrogens is 234 g/mol. The fraction of sp³-hybridized carbons (Fsp3) is 0.647. The van der Waals surface area contributed by atoms with Crippen molar-refractivity contribution in [1.82, 2.24) is 4.90 Å². The summed E-state index contributed by atoms with van der Waals surface area (Å²) in [6.07, 6.45) is 4.42. The molecule has 1 N–H and O–H groups in total. The van der Waals surface area contributed by atoms with Crippen molar-refractivity contribution in [1.29, 1.82) is 0 Å². The van der Waals surface area contributed by atoms with Gasteiger partial charge in [0.25, 0.3) is 0 Å². The second-order valence-corrected chi connectivity index (χ2v) is 6.02. The van der Waals surface area contributed by atoms with E-state index in [0.717, 1.165) is 25.1 Å². The van der Waals surface area contributed by atoms with Crippen LogP contribution in [0.3, 0.4) is 0 Å². The van der Waals surface area contributed by atoms with Crippen molar-refractivity contribution >= 4 is 0 Å². The van der Waals surface area contributed by atoms with Crippen molar-refractivity contribution in [2.45, 2.75) is 58.1 Å². The minimum Gasteiger partial charge on any atom is -0.386 e. The standard InChI is InChI=1S/C17H27NO/c1-4-17(3,18-12-8-5-9-13-18)16(19)15-11-7-6-10-14(15)2/h6-7,10-11,16,19H,4-5,8-9,12-13H2,1-3H3. The minimum absolute atomic E-state index is 0.146. The molecule has 1 aromatic carbocycles. The summed E-state index contributed by atoms with van der Waals surface area (Å²) in [6.45, 7) is 8.73. The lowest BCUT2D eigenvalue weighted by molar-refractivity contribution is -0.0355. The zero-order valence-electron chi connectivity index (χ0n) is 12.5. The van der Waals surface area contributed by atoms with E-state index in [1.807, 2.05) is 12.1 Å². The van der Waals surface area contributed by atoms with E-state index in [0.29, 0.717) is 0 Å². The maximum absolute atomic E-state index is 10.9. The van der Waals surface area contributed by atoms with Crippen molar-refractivity contribution in [3.05, 3.63) is 35.4 Å². The van der Waals surface area contributed by atoms with Crippen LogP contribution in [0.15, 0.2) is 24.3 Å². The van der Waals surface area contributed by atoms with Crippen molar-refractivity contribution in [2.75, 3.05) is 13.1 Å². The fourth-order valence-electron chi connectivity index (χ4n) is 3.22. The summed E-state index contributed by atoms with van der Waals surface area (Å²) >= 11 is 0. The highest BCUT2D eigenvalue weighted by atomic mass is 16.3. The van der Waals surface area contributed by atoms with Crippen LogP contribution in [0.5, 0.6) is 0 Å². The number of aliphatic hydroxyl groups is 1. The first-order valence-electron chi connectivity index (χ1n) is 7.58. The molecule has 0 aliphatic carbocycles. The Bertz CT molecular complexity index is 411. The van der Waals surface area contributed by atoms with Gasteiger partial charge < -0.3 is 5.11 Å². The molecule has 1 heterocycles. The van der Waals surface area contributed by atoms with Gasteiger partial charge in [0.2, 0.25) is 0 Å². The summed E-state index contributed by atoms with van der Waals surface area (Å²) in [7, 11) is 0. The van der Waals surface area contributed by atoms with Crippen LogP contribution >= 0.6 is 0 Å². The van der Waals surface area contributed by atoms with Crippen LogP contribution in [-0.2, 0) is 0 Å². The smallest absolute Gasteiger partial charge is 0.0973 e. The minimum atomic E-state index is -0.406. The molecule has 1 aliphatic heterocycles. The molecule has 0 aromatic heterocycles. The van der Waals surface area contributed by atoms with Gasteiger partial charge >= 0.3 is 0 Å². The van der Waals surface area contributed by atoms with E-state index >= 15 is 0 Å². The van der Waals surface area contributed by atoms with Crippen LogP contribution < -0.4 is 0 Å². The van der Waals surface area contributed by atoms with Gasteiger partial charge in [-0.1, -0.05) is 37.6 Å². The van der Waals surface area contributed by atoms with Gasteiger partial charge in [-0.05, 0) is 57.3 Å². The summed E-state index contributed by atoms with van der Waals surface area (Å²) in [6, 6.07) is 8.22. The first-order valence-corrected chi connectivity index (χ1v) is 7.58. The molecular formula is C17H27NO. The molecule has 19 heavy (non-hydrogen) atoms. The Morgan fingerprint density at radius 3 is 2.42 bits per heavy atom. The number of hydrogen-bond donors (Lipinski definition) is 1. The van der Waals surface area contributed by atoms with Crippen LogP contribution in [0.2, 0.25) is 0 Å². The highest BCUT2D eigenvalue weighted by Crippen LogP contribution is 2.36. The SMILES string of the molecule is CCC(C)(C(O)c1ccccc1C)N1CCCCC1. The van der Waals surface area contributed by atoms with Crippen molar-refractivity contribution in [2.24, 2.45) is 0 Å². The summed E-state index contributed by atoms with van der Waals surface area (Å²) in [4.78, 5) is 2.49. The van der Waals surface area contributed by atoms with E-state index < -0.39 is 6.10 Å². The molecule has 2 nitrogen and oxygen atoms in total. The predicted octanol–water partition coefficient (Wildman–Crippen LogP) is 3.68. The number of rotatable bonds is 4. The molecule has 1 aromatic rings. The predicted molar refractivity (Wildman–Crippen MR) is 80.3 cm³/mol. The van der Waals surface area contributed by atoms with Gasteiger partial charge in [-0.3, -0.25) is 4.90 Å². The van der Waals surface area contributed by atoms with Crippen molar-refractivity contribution in [3.8, 4) is 0 Å². The number of aliphatic hydroxyl groups excluding tert-OH is 1. The first kappa shape index (κ1) is 14.5. The summed E-state index contributed by atoms with van der Waals surface area (Å²) in [5, 5.41) is 10.9. The summed E-state index contributed by atoms with van der Waals surface area (Å²) in [5.74, 6) is 0. The maximum Gasteiger partial charge on any atom is 0.0973 e. The largest absolute Gasteiger partial charge is 0.386 e. The molecule has 2 atom stereocenters. The Hall–Kier alpha value is -0.860. The molecule has 2 unspecified atom stereocenters. The Morgan fingerprint density at radius 2 is 1.84 bits per heavy atom. The number of benzene rings is 1. The Kier molecular flexibility index (Phi) is 4.64. The van der Waals surface area contributed by atoms with Crippen LogP contribution in [0.4, 0.5) is 0 Å². The van der Waals surface area contributed by atoms with Crippen LogP contribution in [-0.4, -0.2) is 28.6 Å². The third-order valence-electron chi connectivity index (χ3n) is 4.87. The molecule has 0 amide bonds. The van der Waals surface area contributed by atoms with E-state index in [4.69, 9.17) is 0 Å². The van der Waals surface area contributed by atoms with Crippen LogP contribution in [0, 0.1) is 6.92 Å². The van der Waals surface area contributed by atoms with E-state index in [9.17, 15) is 5.11 Å². The molecule has 0 spiro atoms.